The van der Waals surface area contributed by atoms with Crippen LogP contribution in [0.4, 0.5) is 0 Å². The van der Waals surface area contributed by atoms with Gasteiger partial charge in [-0.05, 0) is 31.9 Å². The summed E-state index contributed by atoms with van der Waals surface area (Å²) in [5.41, 5.74) is 5.26. The van der Waals surface area contributed by atoms with Gasteiger partial charge < -0.3 is 0 Å². The fourth-order valence-corrected chi connectivity index (χ4v) is 2.39. The average Bonchev–Trinajstić information content (AvgIpc) is 3.34. The van der Waals surface area contributed by atoms with Gasteiger partial charge in [0.2, 0.25) is 0 Å². The molecule has 4 heteroatoms. The Balaban J connectivity index is 0.000000636. The highest BCUT2D eigenvalue weighted by molar-refractivity contribution is 5.85. The molecule has 0 bridgehead atoms. The summed E-state index contributed by atoms with van der Waals surface area (Å²) in [6.45, 7) is 6.03. The molecule has 1 fully saturated rings. The molecule has 1 aliphatic carbocycles. The van der Waals surface area contributed by atoms with E-state index in [1.54, 1.807) is 0 Å². The van der Waals surface area contributed by atoms with Gasteiger partial charge in [0.05, 0.1) is 23.1 Å². The maximum atomic E-state index is 4.73. The fourth-order valence-electron chi connectivity index (χ4n) is 2.39. The molecule has 2 aromatic heterocycles. The second-order valence-corrected chi connectivity index (χ2v) is 5.18. The lowest BCUT2D eigenvalue weighted by molar-refractivity contribution is 0.993. The zero-order chi connectivity index (χ0) is 14.8. The van der Waals surface area contributed by atoms with E-state index in [2.05, 4.69) is 27.3 Å². The zero-order valence-electron chi connectivity index (χ0n) is 12.7. The van der Waals surface area contributed by atoms with Crippen LogP contribution < -0.4 is 0 Å². The molecule has 0 atom stereocenters. The van der Waals surface area contributed by atoms with Gasteiger partial charge in [0, 0.05) is 28.8 Å². The van der Waals surface area contributed by atoms with Crippen LogP contribution in [-0.2, 0) is 0 Å². The number of aryl methyl sites for hydroxylation is 1. The van der Waals surface area contributed by atoms with Crippen molar-refractivity contribution in [1.29, 1.82) is 0 Å². The van der Waals surface area contributed by atoms with E-state index in [0.29, 0.717) is 5.92 Å². The third-order valence-corrected chi connectivity index (χ3v) is 3.69. The summed E-state index contributed by atoms with van der Waals surface area (Å²) in [6, 6.07) is 6.22. The highest BCUT2D eigenvalue weighted by atomic mass is 15.1. The minimum atomic E-state index is 0.631. The number of nitrogens with zero attached hydrogens (tertiary/aromatic N) is 3. The van der Waals surface area contributed by atoms with Gasteiger partial charge in [-0.2, -0.15) is 5.10 Å². The van der Waals surface area contributed by atoms with Crippen LogP contribution in [-0.4, -0.2) is 20.2 Å². The van der Waals surface area contributed by atoms with Crippen molar-refractivity contribution in [2.75, 3.05) is 0 Å². The predicted octanol–water partition coefficient (Wildman–Crippen LogP) is 4.23. The Morgan fingerprint density at radius 3 is 2.71 bits per heavy atom. The molecule has 0 radical (unpaired) electrons. The summed E-state index contributed by atoms with van der Waals surface area (Å²) in [4.78, 5) is 9.06. The maximum Gasteiger partial charge on any atom is 0.0924 e. The quantitative estimate of drug-likeness (QED) is 0.764. The topological polar surface area (TPSA) is 54.5 Å². The number of H-pyrrole nitrogens is 1. The molecule has 0 spiro atoms. The fraction of sp³-hybridized carbons (Fsp3) is 0.353. The van der Waals surface area contributed by atoms with Crippen molar-refractivity contribution in [1.82, 2.24) is 20.2 Å². The van der Waals surface area contributed by atoms with E-state index in [9.17, 15) is 0 Å². The molecule has 0 saturated heterocycles. The standard InChI is InChI=1S/C15H14N4.C2H6/c1-9-12-6-11(4-5-13(12)19-18-9)15-8-16-7-14(17-15)10-2-3-10;1-2/h4-8,10H,2-3H2,1H3,(H,18,19);1-2H3. The Bertz CT molecular complexity index is 756. The van der Waals surface area contributed by atoms with Crippen LogP contribution in [0.25, 0.3) is 22.2 Å². The zero-order valence-corrected chi connectivity index (χ0v) is 12.7. The summed E-state index contributed by atoms with van der Waals surface area (Å²) < 4.78 is 0. The molecule has 2 heterocycles. The summed E-state index contributed by atoms with van der Waals surface area (Å²) >= 11 is 0. The first kappa shape index (κ1) is 13.7. The van der Waals surface area contributed by atoms with Gasteiger partial charge in [-0.1, -0.05) is 19.9 Å². The lowest BCUT2D eigenvalue weighted by atomic mass is 10.1. The van der Waals surface area contributed by atoms with Gasteiger partial charge in [0.1, 0.15) is 0 Å². The second kappa shape index (κ2) is 5.64. The van der Waals surface area contributed by atoms with Gasteiger partial charge in [-0.3, -0.25) is 10.1 Å². The molecule has 1 aromatic carbocycles. The third-order valence-electron chi connectivity index (χ3n) is 3.69. The van der Waals surface area contributed by atoms with Crippen LogP contribution in [0.15, 0.2) is 30.6 Å². The Labute approximate surface area is 124 Å². The highest BCUT2D eigenvalue weighted by Gasteiger charge is 2.25. The van der Waals surface area contributed by atoms with Crippen molar-refractivity contribution in [3.8, 4) is 11.3 Å². The largest absolute Gasteiger partial charge is 0.282 e. The van der Waals surface area contributed by atoms with Gasteiger partial charge >= 0.3 is 0 Å². The number of hydrogen-bond acceptors (Lipinski definition) is 3. The number of benzene rings is 1. The summed E-state index contributed by atoms with van der Waals surface area (Å²) in [5, 5.41) is 8.41. The Kier molecular flexibility index (Phi) is 3.69. The third kappa shape index (κ3) is 2.66. The first-order valence-corrected chi connectivity index (χ1v) is 7.58. The second-order valence-electron chi connectivity index (χ2n) is 5.18. The molecule has 4 nitrogen and oxygen atoms in total. The van der Waals surface area contributed by atoms with E-state index in [0.717, 1.165) is 33.5 Å². The number of aromatic nitrogens is 4. The SMILES string of the molecule is CC.Cc1[nH]nc2ccc(-c3cncc(C4CC4)n3)cc12. The monoisotopic (exact) mass is 280 g/mol. The van der Waals surface area contributed by atoms with Gasteiger partial charge in [0.25, 0.3) is 0 Å². The van der Waals surface area contributed by atoms with Gasteiger partial charge in [-0.25, -0.2) is 4.98 Å². The Morgan fingerprint density at radius 1 is 1.14 bits per heavy atom. The van der Waals surface area contributed by atoms with Crippen molar-refractivity contribution >= 4 is 10.9 Å². The molecular weight excluding hydrogens is 260 g/mol. The van der Waals surface area contributed by atoms with Crippen LogP contribution in [0.3, 0.4) is 0 Å². The van der Waals surface area contributed by atoms with Crippen LogP contribution in [0.1, 0.15) is 44.0 Å². The number of nitrogens with one attached hydrogen (secondary N) is 1. The predicted molar refractivity (Wildman–Crippen MR) is 85.2 cm³/mol. The normalized spacial score (nSPS) is 13.9. The van der Waals surface area contributed by atoms with E-state index in [1.807, 2.05) is 39.2 Å². The summed E-state index contributed by atoms with van der Waals surface area (Å²) in [5.74, 6) is 0.631. The maximum absolute atomic E-state index is 4.73. The Morgan fingerprint density at radius 2 is 1.95 bits per heavy atom. The first-order valence-electron chi connectivity index (χ1n) is 7.58. The van der Waals surface area contributed by atoms with E-state index < -0.39 is 0 Å². The minimum absolute atomic E-state index is 0.631. The van der Waals surface area contributed by atoms with E-state index in [4.69, 9.17) is 4.98 Å². The molecule has 21 heavy (non-hydrogen) atoms. The van der Waals surface area contributed by atoms with Gasteiger partial charge in [-0.15, -0.1) is 0 Å². The summed E-state index contributed by atoms with van der Waals surface area (Å²) in [6.07, 6.45) is 6.22. The van der Waals surface area contributed by atoms with E-state index in [1.165, 1.54) is 12.8 Å². The number of hydrogen-bond donors (Lipinski definition) is 1. The molecule has 3 aromatic rings. The van der Waals surface area contributed by atoms with Crippen molar-refractivity contribution in [3.05, 3.63) is 42.0 Å². The molecule has 1 aliphatic rings. The van der Waals surface area contributed by atoms with Crippen LogP contribution in [0.2, 0.25) is 0 Å². The number of rotatable bonds is 2. The number of fused-ring (bicyclic) bond motifs is 1. The smallest absolute Gasteiger partial charge is 0.0924 e. The van der Waals surface area contributed by atoms with Gasteiger partial charge in [0.15, 0.2) is 0 Å². The molecule has 4 rings (SSSR count). The molecule has 1 N–H and O–H groups in total. The highest BCUT2D eigenvalue weighted by Crippen LogP contribution is 2.39. The number of aromatic amines is 1. The van der Waals surface area contributed by atoms with Crippen molar-refractivity contribution in [2.45, 2.75) is 39.5 Å². The van der Waals surface area contributed by atoms with E-state index in [-0.39, 0.29) is 0 Å². The van der Waals surface area contributed by atoms with Crippen molar-refractivity contribution in [3.63, 3.8) is 0 Å². The molecule has 108 valence electrons. The molecule has 1 saturated carbocycles. The molecular formula is C17H20N4. The minimum Gasteiger partial charge on any atom is -0.282 e. The van der Waals surface area contributed by atoms with Crippen LogP contribution >= 0.6 is 0 Å². The van der Waals surface area contributed by atoms with E-state index >= 15 is 0 Å². The molecule has 0 aliphatic heterocycles. The summed E-state index contributed by atoms with van der Waals surface area (Å²) in [7, 11) is 0. The first-order chi connectivity index (χ1) is 10.3. The molecule has 0 unspecified atom stereocenters. The Hall–Kier alpha value is -2.23. The van der Waals surface area contributed by atoms with Crippen LogP contribution in [0, 0.1) is 6.92 Å². The van der Waals surface area contributed by atoms with Crippen molar-refractivity contribution in [2.24, 2.45) is 0 Å². The van der Waals surface area contributed by atoms with Crippen LogP contribution in [0.5, 0.6) is 0 Å². The lowest BCUT2D eigenvalue weighted by Gasteiger charge is -2.03. The van der Waals surface area contributed by atoms with Crippen molar-refractivity contribution < 1.29 is 0 Å². The lowest BCUT2D eigenvalue weighted by Crippen LogP contribution is -1.92. The molecule has 0 amide bonds. The average molecular weight is 280 g/mol.